The lowest BCUT2D eigenvalue weighted by Gasteiger charge is -2.20. The Hall–Kier alpha value is -1.51. The van der Waals surface area contributed by atoms with Gasteiger partial charge in [0.25, 0.3) is 0 Å². The summed E-state index contributed by atoms with van der Waals surface area (Å²) in [6, 6.07) is 7.75. The Morgan fingerprint density at radius 3 is 2.41 bits per heavy atom. The second kappa shape index (κ2) is 12.1. The molecule has 0 saturated heterocycles. The van der Waals surface area contributed by atoms with Crippen LogP contribution < -0.4 is 4.74 Å². The summed E-state index contributed by atoms with van der Waals surface area (Å²) in [4.78, 5) is 0. The van der Waals surface area contributed by atoms with Crippen LogP contribution in [0.3, 0.4) is 0 Å². The highest BCUT2D eigenvalue weighted by molar-refractivity contribution is 5.82. The zero-order valence-corrected chi connectivity index (χ0v) is 14.1. The average molecular weight is 305 g/mol. The molecule has 0 aliphatic heterocycles. The fourth-order valence-corrected chi connectivity index (χ4v) is 2.61. The number of unbranched alkanes of at least 4 members (excludes halogenated alkanes) is 5. The van der Waals surface area contributed by atoms with E-state index >= 15 is 0 Å². The smallest absolute Gasteiger partial charge is 0.128 e. The standard InChI is InChI=1S/C19H31NO2/c1-3-5-7-8-9-14-18(13-6-4-2)22-19-15-11-10-12-17(19)16-20-21/h10-12,15-16,18,21H,3-9,13-14H2,1-2H3. The van der Waals surface area contributed by atoms with Gasteiger partial charge in [0, 0.05) is 5.56 Å². The van der Waals surface area contributed by atoms with Gasteiger partial charge in [0.05, 0.1) is 12.3 Å². The summed E-state index contributed by atoms with van der Waals surface area (Å²) in [5.74, 6) is 0.815. The number of benzene rings is 1. The third kappa shape index (κ3) is 7.48. The molecule has 1 aromatic rings. The molecule has 1 aromatic carbocycles. The summed E-state index contributed by atoms with van der Waals surface area (Å²) >= 11 is 0. The first kappa shape index (κ1) is 18.5. The summed E-state index contributed by atoms with van der Waals surface area (Å²) in [7, 11) is 0. The fraction of sp³-hybridized carbons (Fsp3) is 0.632. The van der Waals surface area contributed by atoms with E-state index in [0.717, 1.165) is 24.2 Å². The van der Waals surface area contributed by atoms with Crippen LogP contribution >= 0.6 is 0 Å². The van der Waals surface area contributed by atoms with E-state index in [-0.39, 0.29) is 6.10 Å². The second-order valence-corrected chi connectivity index (χ2v) is 5.87. The zero-order valence-electron chi connectivity index (χ0n) is 14.1. The molecule has 1 unspecified atom stereocenters. The van der Waals surface area contributed by atoms with Crippen molar-refractivity contribution < 1.29 is 9.94 Å². The lowest BCUT2D eigenvalue weighted by Crippen LogP contribution is -2.17. The van der Waals surface area contributed by atoms with Crippen LogP contribution in [0.2, 0.25) is 0 Å². The maximum atomic E-state index is 8.76. The van der Waals surface area contributed by atoms with Crippen molar-refractivity contribution in [3.8, 4) is 5.75 Å². The van der Waals surface area contributed by atoms with Crippen LogP contribution in [0, 0.1) is 0 Å². The summed E-state index contributed by atoms with van der Waals surface area (Å²) in [5, 5.41) is 11.9. The molecule has 0 heterocycles. The van der Waals surface area contributed by atoms with Crippen LogP contribution in [0.25, 0.3) is 0 Å². The van der Waals surface area contributed by atoms with E-state index in [0.29, 0.717) is 0 Å². The van der Waals surface area contributed by atoms with Gasteiger partial charge in [-0.2, -0.15) is 0 Å². The van der Waals surface area contributed by atoms with Crippen LogP contribution in [-0.2, 0) is 0 Å². The van der Waals surface area contributed by atoms with Crippen molar-refractivity contribution in [3.63, 3.8) is 0 Å². The van der Waals surface area contributed by atoms with Gasteiger partial charge in [-0.3, -0.25) is 0 Å². The minimum absolute atomic E-state index is 0.259. The minimum Gasteiger partial charge on any atom is -0.490 e. The topological polar surface area (TPSA) is 41.8 Å². The molecule has 0 aromatic heterocycles. The number of rotatable bonds is 12. The minimum atomic E-state index is 0.259. The largest absolute Gasteiger partial charge is 0.490 e. The molecule has 3 heteroatoms. The molecule has 1 atom stereocenters. The molecule has 1 N–H and O–H groups in total. The van der Waals surface area contributed by atoms with Crippen molar-refractivity contribution in [1.29, 1.82) is 0 Å². The van der Waals surface area contributed by atoms with Crippen LogP contribution in [-0.4, -0.2) is 17.5 Å². The number of hydrogen-bond acceptors (Lipinski definition) is 3. The van der Waals surface area contributed by atoms with Gasteiger partial charge in [-0.25, -0.2) is 0 Å². The van der Waals surface area contributed by atoms with Gasteiger partial charge in [-0.05, 0) is 31.4 Å². The van der Waals surface area contributed by atoms with Gasteiger partial charge in [0.1, 0.15) is 5.75 Å². The maximum absolute atomic E-state index is 8.76. The molecule has 22 heavy (non-hydrogen) atoms. The van der Waals surface area contributed by atoms with E-state index in [1.165, 1.54) is 51.2 Å². The van der Waals surface area contributed by atoms with E-state index in [1.54, 1.807) is 0 Å². The predicted octanol–water partition coefficient (Wildman–Crippen LogP) is 5.79. The predicted molar refractivity (Wildman–Crippen MR) is 93.1 cm³/mol. The van der Waals surface area contributed by atoms with Crippen LogP contribution in [0.4, 0.5) is 0 Å². The zero-order chi connectivity index (χ0) is 16.0. The van der Waals surface area contributed by atoms with E-state index in [9.17, 15) is 0 Å². The third-order valence-corrected chi connectivity index (χ3v) is 3.92. The van der Waals surface area contributed by atoms with Crippen molar-refractivity contribution in [2.75, 3.05) is 0 Å². The molecular formula is C19H31NO2. The molecule has 0 fully saturated rings. The molecular weight excluding hydrogens is 274 g/mol. The summed E-state index contributed by atoms with van der Waals surface area (Å²) in [5.41, 5.74) is 0.831. The number of hydrogen-bond donors (Lipinski definition) is 1. The molecule has 3 nitrogen and oxygen atoms in total. The summed E-state index contributed by atoms with van der Waals surface area (Å²) < 4.78 is 6.20. The van der Waals surface area contributed by atoms with E-state index in [2.05, 4.69) is 19.0 Å². The Bertz CT molecular complexity index is 418. The van der Waals surface area contributed by atoms with E-state index in [4.69, 9.17) is 9.94 Å². The van der Waals surface area contributed by atoms with Gasteiger partial charge in [-0.1, -0.05) is 69.7 Å². The van der Waals surface area contributed by atoms with Crippen molar-refractivity contribution in [2.24, 2.45) is 5.16 Å². The van der Waals surface area contributed by atoms with Crippen molar-refractivity contribution in [3.05, 3.63) is 29.8 Å². The highest BCUT2D eigenvalue weighted by Crippen LogP contribution is 2.22. The van der Waals surface area contributed by atoms with Crippen LogP contribution in [0.5, 0.6) is 5.75 Å². The first-order valence-corrected chi connectivity index (χ1v) is 8.74. The molecule has 0 aliphatic rings. The molecule has 0 bridgehead atoms. The lowest BCUT2D eigenvalue weighted by molar-refractivity contribution is 0.173. The highest BCUT2D eigenvalue weighted by Gasteiger charge is 2.12. The lowest BCUT2D eigenvalue weighted by atomic mass is 10.0. The number of para-hydroxylation sites is 1. The molecule has 0 aliphatic carbocycles. The average Bonchev–Trinajstić information content (AvgIpc) is 2.54. The van der Waals surface area contributed by atoms with Gasteiger partial charge in [-0.15, -0.1) is 0 Å². The quantitative estimate of drug-likeness (QED) is 0.230. The first-order valence-electron chi connectivity index (χ1n) is 8.74. The summed E-state index contributed by atoms with van der Waals surface area (Å²) in [6.07, 6.45) is 12.7. The molecule has 0 amide bonds. The highest BCUT2D eigenvalue weighted by atomic mass is 16.5. The van der Waals surface area contributed by atoms with E-state index in [1.807, 2.05) is 24.3 Å². The van der Waals surface area contributed by atoms with Gasteiger partial charge >= 0.3 is 0 Å². The van der Waals surface area contributed by atoms with Gasteiger partial charge in [0.2, 0.25) is 0 Å². The van der Waals surface area contributed by atoms with Crippen molar-refractivity contribution in [2.45, 2.75) is 77.7 Å². The SMILES string of the molecule is CCCCCCCC(CCCC)Oc1ccccc1C=NO. The fourth-order valence-electron chi connectivity index (χ4n) is 2.61. The number of nitrogens with zero attached hydrogens (tertiary/aromatic N) is 1. The maximum Gasteiger partial charge on any atom is 0.128 e. The van der Waals surface area contributed by atoms with Crippen molar-refractivity contribution in [1.82, 2.24) is 0 Å². The normalized spacial score (nSPS) is 12.6. The Balaban J connectivity index is 2.56. The molecule has 0 spiro atoms. The molecule has 0 saturated carbocycles. The van der Waals surface area contributed by atoms with Crippen LogP contribution in [0.15, 0.2) is 29.4 Å². The van der Waals surface area contributed by atoms with Crippen molar-refractivity contribution >= 4 is 6.21 Å². The Morgan fingerprint density at radius 2 is 1.68 bits per heavy atom. The number of ether oxygens (including phenoxy) is 1. The Labute approximate surface area is 135 Å². The second-order valence-electron chi connectivity index (χ2n) is 5.87. The molecule has 1 rings (SSSR count). The van der Waals surface area contributed by atoms with Gasteiger partial charge in [0.15, 0.2) is 0 Å². The Kier molecular flexibility index (Phi) is 10.2. The van der Waals surface area contributed by atoms with Crippen LogP contribution in [0.1, 0.15) is 77.2 Å². The third-order valence-electron chi connectivity index (χ3n) is 3.92. The molecule has 0 radical (unpaired) electrons. The summed E-state index contributed by atoms with van der Waals surface area (Å²) in [6.45, 7) is 4.46. The van der Waals surface area contributed by atoms with E-state index < -0.39 is 0 Å². The monoisotopic (exact) mass is 305 g/mol. The Morgan fingerprint density at radius 1 is 1.00 bits per heavy atom. The first-order chi connectivity index (χ1) is 10.8. The van der Waals surface area contributed by atoms with Gasteiger partial charge < -0.3 is 9.94 Å². The number of oxime groups is 1. The molecule has 124 valence electrons.